The molecular formula is C24H22O4S. The highest BCUT2D eigenvalue weighted by atomic mass is 32.2. The normalized spacial score (nSPS) is 17.9. The van der Waals surface area contributed by atoms with Gasteiger partial charge in [0.2, 0.25) is 0 Å². The molecule has 4 nitrogen and oxygen atoms in total. The Morgan fingerprint density at radius 1 is 0.828 bits per heavy atom. The molecule has 3 aromatic carbocycles. The maximum atomic E-state index is 13.2. The fraction of sp³-hybridized carbons (Fsp3) is 0.208. The summed E-state index contributed by atoms with van der Waals surface area (Å²) in [6, 6.07) is 22.0. The number of aryl methyl sites for hydroxylation is 1. The van der Waals surface area contributed by atoms with Gasteiger partial charge in [0, 0.05) is 5.92 Å². The summed E-state index contributed by atoms with van der Waals surface area (Å²) < 4.78 is 31.5. The quantitative estimate of drug-likeness (QED) is 0.609. The van der Waals surface area contributed by atoms with Crippen molar-refractivity contribution in [2.75, 3.05) is 12.9 Å². The third-order valence-electron chi connectivity index (χ3n) is 5.57. The van der Waals surface area contributed by atoms with Gasteiger partial charge >= 0.3 is 5.97 Å². The molecule has 0 aromatic heterocycles. The summed E-state index contributed by atoms with van der Waals surface area (Å²) in [5, 5.41) is 0. The number of rotatable bonds is 4. The molecule has 1 aliphatic rings. The van der Waals surface area contributed by atoms with Crippen molar-refractivity contribution in [3.8, 4) is 0 Å². The van der Waals surface area contributed by atoms with Crippen molar-refractivity contribution in [3.63, 3.8) is 0 Å². The fourth-order valence-electron chi connectivity index (χ4n) is 4.13. The zero-order valence-electron chi connectivity index (χ0n) is 16.3. The molecule has 3 aromatic rings. The summed E-state index contributed by atoms with van der Waals surface area (Å²) in [6.07, 6.45) is 0. The SMILES string of the molecule is COC(=O)C1c2ccccc2C(CS(=O)(=O)c2ccc(C)cc2)c2ccccc21. The second kappa shape index (κ2) is 7.48. The number of fused-ring (bicyclic) bond motifs is 2. The van der Waals surface area contributed by atoms with Crippen molar-refractivity contribution in [2.24, 2.45) is 0 Å². The average molecular weight is 407 g/mol. The zero-order valence-corrected chi connectivity index (χ0v) is 17.1. The minimum absolute atomic E-state index is 0.0576. The Morgan fingerprint density at radius 3 is 1.79 bits per heavy atom. The first kappa shape index (κ1) is 19.4. The Bertz CT molecular complexity index is 1120. The molecule has 0 fully saturated rings. The van der Waals surface area contributed by atoms with Crippen LogP contribution in [-0.2, 0) is 19.4 Å². The van der Waals surface area contributed by atoms with E-state index < -0.39 is 15.8 Å². The number of carbonyl (C=O) groups excluding carboxylic acids is 1. The van der Waals surface area contributed by atoms with E-state index in [4.69, 9.17) is 4.74 Å². The molecular weight excluding hydrogens is 384 g/mol. The van der Waals surface area contributed by atoms with Gasteiger partial charge in [-0.05, 0) is 41.3 Å². The molecule has 0 saturated heterocycles. The predicted molar refractivity (Wildman–Crippen MR) is 112 cm³/mol. The molecule has 0 saturated carbocycles. The molecule has 0 atom stereocenters. The van der Waals surface area contributed by atoms with Gasteiger partial charge in [-0.3, -0.25) is 4.79 Å². The molecule has 0 N–H and O–H groups in total. The molecule has 0 heterocycles. The van der Waals surface area contributed by atoms with Crippen molar-refractivity contribution < 1.29 is 17.9 Å². The Morgan fingerprint density at radius 2 is 1.31 bits per heavy atom. The van der Waals surface area contributed by atoms with E-state index in [1.54, 1.807) is 12.1 Å². The third kappa shape index (κ3) is 3.47. The molecule has 148 valence electrons. The summed E-state index contributed by atoms with van der Waals surface area (Å²) in [4.78, 5) is 12.9. The maximum Gasteiger partial charge on any atom is 0.317 e. The number of benzene rings is 3. The molecule has 1 aliphatic carbocycles. The number of carbonyl (C=O) groups is 1. The lowest BCUT2D eigenvalue weighted by Gasteiger charge is -2.32. The first-order chi connectivity index (χ1) is 13.9. The molecule has 0 aliphatic heterocycles. The Labute approximate surface area is 171 Å². The van der Waals surface area contributed by atoms with Gasteiger partial charge in [-0.2, -0.15) is 0 Å². The monoisotopic (exact) mass is 406 g/mol. The highest BCUT2D eigenvalue weighted by Gasteiger charge is 2.38. The largest absolute Gasteiger partial charge is 0.468 e. The molecule has 0 radical (unpaired) electrons. The minimum atomic E-state index is -3.52. The van der Waals surface area contributed by atoms with Gasteiger partial charge < -0.3 is 4.74 Å². The Hall–Kier alpha value is -2.92. The van der Waals surface area contributed by atoms with E-state index >= 15 is 0 Å². The predicted octanol–water partition coefficient (Wildman–Crippen LogP) is 4.22. The Balaban J connectivity index is 1.85. The highest BCUT2D eigenvalue weighted by molar-refractivity contribution is 7.91. The standard InChI is InChI=1S/C24H22O4S/c1-16-11-13-17(14-12-16)29(26,27)15-22-18-7-3-5-9-20(18)23(24(25)28-2)21-10-6-4-8-19(21)22/h3-14,22-23H,15H2,1-2H3. The van der Waals surface area contributed by atoms with Crippen molar-refractivity contribution in [2.45, 2.75) is 23.7 Å². The summed E-state index contributed by atoms with van der Waals surface area (Å²) in [5.74, 6) is -1.30. The van der Waals surface area contributed by atoms with Crippen LogP contribution < -0.4 is 0 Å². The first-order valence-corrected chi connectivity index (χ1v) is 11.1. The van der Waals surface area contributed by atoms with Crippen LogP contribution in [0.5, 0.6) is 0 Å². The minimum Gasteiger partial charge on any atom is -0.468 e. The van der Waals surface area contributed by atoms with Gasteiger partial charge in [0.1, 0.15) is 5.92 Å². The topological polar surface area (TPSA) is 60.4 Å². The van der Waals surface area contributed by atoms with E-state index in [0.717, 1.165) is 27.8 Å². The van der Waals surface area contributed by atoms with E-state index in [0.29, 0.717) is 4.90 Å². The van der Waals surface area contributed by atoms with Crippen LogP contribution in [0.2, 0.25) is 0 Å². The molecule has 5 heteroatoms. The van der Waals surface area contributed by atoms with E-state index in [9.17, 15) is 13.2 Å². The smallest absolute Gasteiger partial charge is 0.317 e. The molecule has 0 unspecified atom stereocenters. The molecule has 0 spiro atoms. The van der Waals surface area contributed by atoms with Gasteiger partial charge in [-0.1, -0.05) is 66.2 Å². The number of hydrogen-bond acceptors (Lipinski definition) is 4. The van der Waals surface area contributed by atoms with E-state index in [-0.39, 0.29) is 17.6 Å². The van der Waals surface area contributed by atoms with E-state index in [2.05, 4.69) is 0 Å². The fourth-order valence-corrected chi connectivity index (χ4v) is 5.67. The Kier molecular flexibility index (Phi) is 5.01. The van der Waals surface area contributed by atoms with Crippen molar-refractivity contribution >= 4 is 15.8 Å². The van der Waals surface area contributed by atoms with Crippen molar-refractivity contribution in [1.29, 1.82) is 0 Å². The van der Waals surface area contributed by atoms with Crippen LogP contribution in [0, 0.1) is 6.92 Å². The zero-order chi connectivity index (χ0) is 20.6. The van der Waals surface area contributed by atoms with Gasteiger partial charge in [-0.15, -0.1) is 0 Å². The van der Waals surface area contributed by atoms with Crippen LogP contribution in [-0.4, -0.2) is 27.2 Å². The lowest BCUT2D eigenvalue weighted by Crippen LogP contribution is -2.28. The summed E-state index contributed by atoms with van der Waals surface area (Å²) in [5.41, 5.74) is 4.34. The van der Waals surface area contributed by atoms with Crippen molar-refractivity contribution in [1.82, 2.24) is 0 Å². The van der Waals surface area contributed by atoms with Gasteiger partial charge in [-0.25, -0.2) is 8.42 Å². The number of sulfone groups is 1. The first-order valence-electron chi connectivity index (χ1n) is 9.47. The van der Waals surface area contributed by atoms with Crippen LogP contribution in [0.15, 0.2) is 77.7 Å². The summed E-state index contributed by atoms with van der Waals surface area (Å²) >= 11 is 0. The number of methoxy groups -OCH3 is 1. The number of hydrogen-bond donors (Lipinski definition) is 0. The molecule has 0 amide bonds. The van der Waals surface area contributed by atoms with Gasteiger partial charge in [0.15, 0.2) is 9.84 Å². The summed E-state index contributed by atoms with van der Waals surface area (Å²) in [7, 11) is -2.15. The van der Waals surface area contributed by atoms with Crippen LogP contribution in [0.3, 0.4) is 0 Å². The van der Waals surface area contributed by atoms with Crippen LogP contribution >= 0.6 is 0 Å². The van der Waals surface area contributed by atoms with Crippen LogP contribution in [0.1, 0.15) is 39.7 Å². The summed E-state index contributed by atoms with van der Waals surface area (Å²) in [6.45, 7) is 1.93. The third-order valence-corrected chi connectivity index (χ3v) is 7.33. The number of ether oxygens (including phenoxy) is 1. The molecule has 29 heavy (non-hydrogen) atoms. The highest BCUT2D eigenvalue weighted by Crippen LogP contribution is 2.44. The lowest BCUT2D eigenvalue weighted by molar-refractivity contribution is -0.141. The van der Waals surface area contributed by atoms with Gasteiger partial charge in [0.05, 0.1) is 17.8 Å². The van der Waals surface area contributed by atoms with Gasteiger partial charge in [0.25, 0.3) is 0 Å². The second-order valence-corrected chi connectivity index (χ2v) is 9.40. The lowest BCUT2D eigenvalue weighted by atomic mass is 9.73. The second-order valence-electron chi connectivity index (χ2n) is 7.36. The average Bonchev–Trinajstić information content (AvgIpc) is 2.73. The van der Waals surface area contributed by atoms with E-state index in [1.807, 2.05) is 67.6 Å². The van der Waals surface area contributed by atoms with Crippen LogP contribution in [0.4, 0.5) is 0 Å². The maximum absolute atomic E-state index is 13.2. The van der Waals surface area contributed by atoms with Crippen molar-refractivity contribution in [3.05, 3.63) is 101 Å². The van der Waals surface area contributed by atoms with Crippen LogP contribution in [0.25, 0.3) is 0 Å². The van der Waals surface area contributed by atoms with E-state index in [1.165, 1.54) is 7.11 Å². The molecule has 4 rings (SSSR count). The number of esters is 1. The molecule has 0 bridgehead atoms.